The van der Waals surface area contributed by atoms with E-state index in [1.807, 2.05) is 20.1 Å². The third-order valence-electron chi connectivity index (χ3n) is 10.4. The lowest BCUT2D eigenvalue weighted by Gasteiger charge is -2.30. The summed E-state index contributed by atoms with van der Waals surface area (Å²) in [7, 11) is 0. The minimum Gasteiger partial charge on any atom is -0.481 e. The number of carboxylic acid groups (broad SMARTS) is 2. The van der Waals surface area contributed by atoms with Gasteiger partial charge in [-0.05, 0) is 94.6 Å². The molecule has 0 unspecified atom stereocenters. The average molecular weight is 916 g/mol. The first-order valence-electron chi connectivity index (χ1n) is 21.6. The number of carbonyl (C=O) groups is 9. The SMILES string of the molecule is CSCC[C@H](N)C(=O)N1CCC[C@H]1C(=O)N[C@@H](CC(C)C)C(=O)N[C@@H](CC(C)C)C(=O)N[C@@H](CC(=O)O)C(=O)N[C@H](C(=O)N[C@@H](CCCCN)C(=O)N[C@H](C(=O)O)[C@@H](C)O)C(C)C. The van der Waals surface area contributed by atoms with Gasteiger partial charge in [0, 0.05) is 6.54 Å². The highest BCUT2D eigenvalue weighted by atomic mass is 32.2. The predicted molar refractivity (Wildman–Crippen MR) is 236 cm³/mol. The Balaban J connectivity index is 3.31. The van der Waals surface area contributed by atoms with Crippen LogP contribution in [-0.4, -0.2) is 153 Å². The Kier molecular flexibility index (Phi) is 25.4. The van der Waals surface area contributed by atoms with E-state index in [1.165, 1.54) is 11.8 Å². The maximum atomic E-state index is 13.9. The summed E-state index contributed by atoms with van der Waals surface area (Å²) >= 11 is 1.55. The number of hydrogen-bond acceptors (Lipinski definition) is 13. The minimum atomic E-state index is -1.75. The monoisotopic (exact) mass is 916 g/mol. The van der Waals surface area contributed by atoms with Crippen molar-refractivity contribution in [3.63, 3.8) is 0 Å². The number of hydrogen-bond donors (Lipinski definition) is 11. The number of aliphatic hydroxyl groups is 1. The first kappa shape index (κ1) is 56.5. The molecule has 22 heteroatoms. The molecule has 0 bridgehead atoms. The molecule has 1 aliphatic heterocycles. The number of amides is 7. The molecular weight excluding hydrogens is 843 g/mol. The molecule has 1 aliphatic rings. The Bertz CT molecular complexity index is 1570. The summed E-state index contributed by atoms with van der Waals surface area (Å²) in [5.74, 6) is -8.64. The standard InChI is InChI=1S/C41H73N9O12S/c1-21(2)18-27(45-36(56)28(19-22(3)4)47-38(58)30-13-11-16-50(30)40(60)25(43)14-17-63-8)35(55)46-29(20-31(52)53)37(57)48-32(23(5)6)39(59)44-26(12-9-10-15-42)34(54)49-33(24(7)51)41(61)62/h21-30,32-33,51H,9-20,42-43H2,1-8H3,(H,44,59)(H,45,56)(H,46,55)(H,47,58)(H,48,57)(H,49,54)(H,52,53)(H,61,62)/t24-,25+,26+,27+,28+,29+,30+,32+,33+/m1/s1. The number of nitrogens with zero attached hydrogens (tertiary/aromatic N) is 1. The van der Waals surface area contributed by atoms with E-state index < -0.39 is 114 Å². The molecule has 21 nitrogen and oxygen atoms in total. The van der Waals surface area contributed by atoms with Crippen molar-refractivity contribution in [3.8, 4) is 0 Å². The molecule has 7 amide bonds. The zero-order valence-corrected chi connectivity index (χ0v) is 38.8. The molecule has 63 heavy (non-hydrogen) atoms. The Morgan fingerprint density at radius 3 is 1.68 bits per heavy atom. The topological polar surface area (TPSA) is 342 Å². The van der Waals surface area contributed by atoms with E-state index in [4.69, 9.17) is 11.5 Å². The first-order chi connectivity index (χ1) is 29.4. The molecule has 1 fully saturated rings. The Morgan fingerprint density at radius 2 is 1.19 bits per heavy atom. The van der Waals surface area contributed by atoms with Gasteiger partial charge >= 0.3 is 11.9 Å². The first-order valence-corrected chi connectivity index (χ1v) is 23.0. The quantitative estimate of drug-likeness (QED) is 0.0392. The van der Waals surface area contributed by atoms with Gasteiger partial charge in [0.15, 0.2) is 6.04 Å². The summed E-state index contributed by atoms with van der Waals surface area (Å²) in [6.45, 7) is 12.1. The summed E-state index contributed by atoms with van der Waals surface area (Å²) < 4.78 is 0. The summed E-state index contributed by atoms with van der Waals surface area (Å²) in [4.78, 5) is 120. The maximum absolute atomic E-state index is 13.9. The van der Waals surface area contributed by atoms with Crippen LogP contribution in [0.3, 0.4) is 0 Å². The van der Waals surface area contributed by atoms with Gasteiger partial charge in [0.25, 0.3) is 0 Å². The minimum absolute atomic E-state index is 0.0218. The maximum Gasteiger partial charge on any atom is 0.328 e. The van der Waals surface area contributed by atoms with Crippen molar-refractivity contribution in [3.05, 3.63) is 0 Å². The van der Waals surface area contributed by atoms with E-state index in [0.29, 0.717) is 44.4 Å². The van der Waals surface area contributed by atoms with Crippen LogP contribution in [0.5, 0.6) is 0 Å². The molecule has 0 aromatic rings. The molecule has 13 N–H and O–H groups in total. The molecule has 9 atom stereocenters. The molecular formula is C41H73N9O12S. The zero-order valence-electron chi connectivity index (χ0n) is 37.9. The van der Waals surface area contributed by atoms with Crippen LogP contribution < -0.4 is 43.4 Å². The molecule has 1 saturated heterocycles. The van der Waals surface area contributed by atoms with E-state index in [9.17, 15) is 58.5 Å². The van der Waals surface area contributed by atoms with Crippen LogP contribution in [0.4, 0.5) is 0 Å². The van der Waals surface area contributed by atoms with Crippen LogP contribution in [0.1, 0.15) is 106 Å². The van der Waals surface area contributed by atoms with Gasteiger partial charge in [-0.3, -0.25) is 38.4 Å². The number of nitrogens with one attached hydrogen (secondary N) is 6. The lowest BCUT2D eigenvalue weighted by Crippen LogP contribution is -2.61. The zero-order chi connectivity index (χ0) is 48.1. The molecule has 1 heterocycles. The third kappa shape index (κ3) is 19.8. The number of carboxylic acids is 2. The molecule has 0 radical (unpaired) electrons. The number of unbranched alkanes of at least 4 members (excludes halogenated alkanes) is 1. The lowest BCUT2D eigenvalue weighted by molar-refractivity contribution is -0.145. The number of aliphatic carboxylic acids is 2. The van der Waals surface area contributed by atoms with E-state index in [0.717, 1.165) is 0 Å². The molecule has 0 aliphatic carbocycles. The fraction of sp³-hybridized carbons (Fsp3) is 0.780. The van der Waals surface area contributed by atoms with Crippen molar-refractivity contribution in [2.75, 3.05) is 25.1 Å². The van der Waals surface area contributed by atoms with Gasteiger partial charge in [-0.25, -0.2) is 4.79 Å². The van der Waals surface area contributed by atoms with Crippen LogP contribution in [-0.2, 0) is 43.2 Å². The highest BCUT2D eigenvalue weighted by Crippen LogP contribution is 2.20. The smallest absolute Gasteiger partial charge is 0.328 e. The van der Waals surface area contributed by atoms with Crippen molar-refractivity contribution in [1.82, 2.24) is 36.8 Å². The molecule has 0 spiro atoms. The van der Waals surface area contributed by atoms with Crippen molar-refractivity contribution >= 4 is 65.1 Å². The molecule has 360 valence electrons. The Labute approximate surface area is 374 Å². The van der Waals surface area contributed by atoms with Gasteiger partial charge in [0.05, 0.1) is 18.6 Å². The summed E-state index contributed by atoms with van der Waals surface area (Å²) in [5.41, 5.74) is 11.7. The average Bonchev–Trinajstić information content (AvgIpc) is 3.68. The second-order valence-electron chi connectivity index (χ2n) is 17.3. The second-order valence-corrected chi connectivity index (χ2v) is 18.2. The van der Waals surface area contributed by atoms with Gasteiger partial charge in [0.1, 0.15) is 36.3 Å². The Hall–Kier alpha value is -4.54. The number of carbonyl (C=O) groups excluding carboxylic acids is 7. The van der Waals surface area contributed by atoms with Crippen LogP contribution in [0.25, 0.3) is 0 Å². The number of aliphatic hydroxyl groups excluding tert-OH is 1. The van der Waals surface area contributed by atoms with Gasteiger partial charge in [-0.15, -0.1) is 0 Å². The normalized spacial score (nSPS) is 17.7. The lowest BCUT2D eigenvalue weighted by atomic mass is 9.99. The number of thioether (sulfide) groups is 1. The molecule has 0 aromatic carbocycles. The highest BCUT2D eigenvalue weighted by molar-refractivity contribution is 7.98. The van der Waals surface area contributed by atoms with Crippen molar-refractivity contribution in [2.24, 2.45) is 29.2 Å². The van der Waals surface area contributed by atoms with E-state index in [1.54, 1.807) is 39.5 Å². The van der Waals surface area contributed by atoms with Gasteiger partial charge in [-0.2, -0.15) is 11.8 Å². The van der Waals surface area contributed by atoms with E-state index >= 15 is 0 Å². The summed E-state index contributed by atoms with van der Waals surface area (Å²) in [6.07, 6.45) is 1.91. The molecule has 0 aromatic heterocycles. The summed E-state index contributed by atoms with van der Waals surface area (Å²) in [6, 6.07) is -10.2. The molecule has 1 rings (SSSR count). The van der Waals surface area contributed by atoms with Crippen LogP contribution in [0.2, 0.25) is 0 Å². The Morgan fingerprint density at radius 1 is 0.683 bits per heavy atom. The second kappa shape index (κ2) is 28.3. The van der Waals surface area contributed by atoms with Gasteiger partial charge in [-0.1, -0.05) is 41.5 Å². The van der Waals surface area contributed by atoms with Gasteiger partial charge in [0.2, 0.25) is 41.4 Å². The van der Waals surface area contributed by atoms with Crippen LogP contribution in [0, 0.1) is 17.8 Å². The third-order valence-corrected chi connectivity index (χ3v) is 11.0. The largest absolute Gasteiger partial charge is 0.481 e. The van der Waals surface area contributed by atoms with Crippen LogP contribution in [0.15, 0.2) is 0 Å². The predicted octanol–water partition coefficient (Wildman–Crippen LogP) is -1.22. The number of rotatable bonds is 29. The fourth-order valence-corrected chi connectivity index (χ4v) is 7.43. The number of likely N-dealkylation sites (tertiary alicyclic amines) is 1. The van der Waals surface area contributed by atoms with Crippen molar-refractivity contribution in [1.29, 1.82) is 0 Å². The van der Waals surface area contributed by atoms with Crippen molar-refractivity contribution < 1.29 is 58.5 Å². The fourth-order valence-electron chi connectivity index (χ4n) is 6.94. The van der Waals surface area contributed by atoms with E-state index in [2.05, 4.69) is 31.9 Å². The molecule has 0 saturated carbocycles. The van der Waals surface area contributed by atoms with Gasteiger partial charge < -0.3 is 63.6 Å². The highest BCUT2D eigenvalue weighted by Gasteiger charge is 2.39. The number of nitrogens with two attached hydrogens (primary N) is 2. The van der Waals surface area contributed by atoms with E-state index in [-0.39, 0.29) is 43.6 Å². The summed E-state index contributed by atoms with van der Waals surface area (Å²) in [5, 5.41) is 44.1. The van der Waals surface area contributed by atoms with Crippen molar-refractivity contribution in [2.45, 2.75) is 161 Å². The van der Waals surface area contributed by atoms with Crippen LogP contribution >= 0.6 is 11.8 Å².